The largest absolute Gasteiger partial charge is 0.504 e. The Balaban J connectivity index is 0.00000181. The van der Waals surface area contributed by atoms with Crippen molar-refractivity contribution >= 4 is 5.78 Å². The minimum Gasteiger partial charge on any atom is -0.504 e. The Bertz CT molecular complexity index is 930. The number of ketones is 1. The highest BCUT2D eigenvalue weighted by Crippen LogP contribution is 2.68. The fourth-order valence-corrected chi connectivity index (χ4v) is 7.03. The Morgan fingerprint density at radius 2 is 2.00 bits per heavy atom. The van der Waals surface area contributed by atoms with E-state index in [1.165, 1.54) is 6.07 Å². The van der Waals surface area contributed by atoms with Gasteiger partial charge in [0.1, 0.15) is 18.1 Å². The van der Waals surface area contributed by atoms with Crippen molar-refractivity contribution < 1.29 is 34.4 Å². The van der Waals surface area contributed by atoms with Gasteiger partial charge in [-0.15, -0.1) is 0 Å². The molecule has 29 heavy (non-hydrogen) atoms. The normalized spacial score (nSPS) is 46.6. The lowest BCUT2D eigenvalue weighted by atomic mass is 9.46. The number of hydrogen-bond acceptors (Lipinski definition) is 6. The van der Waals surface area contributed by atoms with E-state index in [-0.39, 0.29) is 55.0 Å². The first kappa shape index (κ1) is 19.3. The molecule has 4 N–H and O–H groups in total. The second-order valence-electron chi connectivity index (χ2n) is 9.86. The molecule has 7 nitrogen and oxygen atoms in total. The molecule has 2 aliphatic heterocycles. The fraction of sp³-hybridized carbons (Fsp3) is 0.636. The number of piperidine rings is 1. The summed E-state index contributed by atoms with van der Waals surface area (Å²) < 4.78 is 6.09. The monoisotopic (exact) mass is 403 g/mol. The molecule has 5 aliphatic rings. The van der Waals surface area contributed by atoms with Crippen molar-refractivity contribution in [3.05, 3.63) is 30.7 Å². The lowest BCUT2D eigenvalue weighted by molar-refractivity contribution is -1.00. The highest BCUT2D eigenvalue weighted by molar-refractivity contribution is 5.90. The van der Waals surface area contributed by atoms with E-state index >= 15 is 0 Å². The zero-order valence-electron chi connectivity index (χ0n) is 16.9. The van der Waals surface area contributed by atoms with Crippen LogP contribution < -0.4 is 4.74 Å². The number of aromatic hydroxyl groups is 1. The van der Waals surface area contributed by atoms with E-state index in [1.807, 2.05) is 7.05 Å². The second-order valence-corrected chi connectivity index (χ2v) is 9.86. The van der Waals surface area contributed by atoms with Gasteiger partial charge in [0.25, 0.3) is 0 Å². The Morgan fingerprint density at radius 1 is 1.28 bits per heavy atom. The standard InChI is InChI=1S/C21H25NO6.CH3/c1-22(9-11-2-3-11)10-15(25)21-16-12-4-5-13(23)17(16)28-18(21)14(24)6-7-19(21,26)20(22,27)8-12;/h4-5,11,15,18,25-27H,2-3,6-10H2,1H3;1H3/q;-1/p+1/t15-,18+,19-,20+,21+,22+;/m1./s1. The molecule has 0 unspecified atom stereocenters. The summed E-state index contributed by atoms with van der Waals surface area (Å²) in [6, 6.07) is 3.23. The maximum Gasteiger partial charge on any atom is 0.235 e. The van der Waals surface area contributed by atoms with Gasteiger partial charge in [-0.3, -0.25) is 9.28 Å². The summed E-state index contributed by atoms with van der Waals surface area (Å²) in [7, 11) is 1.92. The minimum atomic E-state index is -1.72. The summed E-state index contributed by atoms with van der Waals surface area (Å²) in [5.41, 5.74) is -3.45. The number of likely N-dealkylation sites (tertiary alicyclic amines) is 1. The zero-order valence-corrected chi connectivity index (χ0v) is 16.9. The maximum atomic E-state index is 12.9. The van der Waals surface area contributed by atoms with E-state index in [0.29, 0.717) is 18.0 Å². The highest BCUT2D eigenvalue weighted by atomic mass is 16.5. The second kappa shape index (κ2) is 5.32. The number of carbonyl (C=O) groups is 1. The predicted molar refractivity (Wildman–Crippen MR) is 103 cm³/mol. The van der Waals surface area contributed by atoms with Crippen molar-refractivity contribution in [2.24, 2.45) is 5.92 Å². The lowest BCUT2D eigenvalue weighted by Crippen LogP contribution is -2.90. The van der Waals surface area contributed by atoms with Crippen LogP contribution in [-0.2, 0) is 16.6 Å². The van der Waals surface area contributed by atoms with Crippen molar-refractivity contribution in [2.75, 3.05) is 20.1 Å². The van der Waals surface area contributed by atoms with Crippen LogP contribution >= 0.6 is 0 Å². The average Bonchev–Trinajstić information content (AvgIpc) is 3.34. The molecule has 0 amide bonds. The number of benzene rings is 1. The average molecular weight is 403 g/mol. The molecule has 1 aromatic rings. The first-order valence-electron chi connectivity index (χ1n) is 10.2. The van der Waals surface area contributed by atoms with Crippen LogP contribution in [0.15, 0.2) is 12.1 Å². The van der Waals surface area contributed by atoms with Gasteiger partial charge in [0.15, 0.2) is 29.0 Å². The Labute approximate surface area is 170 Å². The van der Waals surface area contributed by atoms with Gasteiger partial charge >= 0.3 is 0 Å². The molecule has 2 saturated carbocycles. The van der Waals surface area contributed by atoms with Gasteiger partial charge in [-0.25, -0.2) is 0 Å². The van der Waals surface area contributed by atoms with Crippen molar-refractivity contribution in [3.63, 3.8) is 0 Å². The van der Waals surface area contributed by atoms with Crippen LogP contribution in [-0.4, -0.2) is 74.4 Å². The predicted octanol–water partition coefficient (Wildman–Crippen LogP) is 0.411. The Morgan fingerprint density at radius 3 is 2.69 bits per heavy atom. The topological polar surface area (TPSA) is 107 Å². The van der Waals surface area contributed by atoms with Crippen LogP contribution in [0.3, 0.4) is 0 Å². The lowest BCUT2D eigenvalue weighted by Gasteiger charge is -2.69. The Hall–Kier alpha value is -1.67. The molecule has 0 aromatic heterocycles. The third-order valence-electron chi connectivity index (χ3n) is 8.45. The van der Waals surface area contributed by atoms with Crippen LogP contribution in [0.5, 0.6) is 11.5 Å². The number of quaternary nitrogens is 1. The number of nitrogens with zero attached hydrogens (tertiary/aromatic N) is 1. The molecular weight excluding hydrogens is 374 g/mol. The summed E-state index contributed by atoms with van der Waals surface area (Å²) in [5, 5.41) is 46.3. The van der Waals surface area contributed by atoms with Crippen molar-refractivity contribution in [3.8, 4) is 11.5 Å². The van der Waals surface area contributed by atoms with Crippen molar-refractivity contribution in [1.82, 2.24) is 0 Å². The SMILES string of the molecule is C[N@+]1(CC2CC2)C[C@@H](O)[C@]23c4c5ccc(O)c4O[C@H]2C(=O)CC[C@@]3(O)[C@@]1(O)C5.[CH3-]. The molecule has 1 saturated heterocycles. The number of phenolic OH excluding ortho intramolecular Hbond substituents is 1. The summed E-state index contributed by atoms with van der Waals surface area (Å²) in [6.45, 7) is 0.919. The number of Topliss-reactive ketones (excluding diaryl/α,β-unsaturated/α-hetero) is 1. The van der Waals surface area contributed by atoms with E-state index in [1.54, 1.807) is 6.07 Å². The van der Waals surface area contributed by atoms with Gasteiger partial charge in [0.05, 0.1) is 20.0 Å². The van der Waals surface area contributed by atoms with E-state index in [2.05, 4.69) is 0 Å². The number of ether oxygens (including phenoxy) is 1. The minimum absolute atomic E-state index is 0. The van der Waals surface area contributed by atoms with Crippen molar-refractivity contribution in [1.29, 1.82) is 0 Å². The molecule has 1 spiro atoms. The number of aliphatic hydroxyl groups is 3. The molecule has 6 rings (SSSR count). The molecule has 3 aliphatic carbocycles. The van der Waals surface area contributed by atoms with Gasteiger partial charge < -0.3 is 32.6 Å². The van der Waals surface area contributed by atoms with Gasteiger partial charge in [-0.2, -0.15) is 0 Å². The molecule has 6 atom stereocenters. The van der Waals surface area contributed by atoms with E-state index in [4.69, 9.17) is 4.74 Å². The van der Waals surface area contributed by atoms with Crippen LogP contribution in [0, 0.1) is 13.3 Å². The van der Waals surface area contributed by atoms with Gasteiger partial charge in [-0.05, 0) is 30.9 Å². The molecule has 1 aromatic carbocycles. The van der Waals surface area contributed by atoms with Gasteiger partial charge in [-0.1, -0.05) is 6.07 Å². The first-order chi connectivity index (χ1) is 13.2. The quantitative estimate of drug-likeness (QED) is 0.421. The third kappa shape index (κ3) is 1.83. The van der Waals surface area contributed by atoms with Crippen LogP contribution in [0.25, 0.3) is 0 Å². The van der Waals surface area contributed by atoms with Gasteiger partial charge in [0, 0.05) is 17.9 Å². The molecular formula is C22H29NO6. The molecule has 158 valence electrons. The molecule has 2 heterocycles. The number of phenols is 1. The number of likely N-dealkylation sites (N-methyl/N-ethyl adjacent to an activating group) is 1. The van der Waals surface area contributed by atoms with Crippen LogP contribution in [0.4, 0.5) is 0 Å². The van der Waals surface area contributed by atoms with E-state index in [0.717, 1.165) is 18.4 Å². The van der Waals surface area contributed by atoms with Crippen LogP contribution in [0.1, 0.15) is 36.8 Å². The van der Waals surface area contributed by atoms with Gasteiger partial charge in [0.2, 0.25) is 5.72 Å². The summed E-state index contributed by atoms with van der Waals surface area (Å²) >= 11 is 0. The summed E-state index contributed by atoms with van der Waals surface area (Å²) in [5.74, 6) is 0.357. The maximum absolute atomic E-state index is 12.9. The highest BCUT2D eigenvalue weighted by Gasteiger charge is 2.85. The van der Waals surface area contributed by atoms with E-state index < -0.39 is 28.9 Å². The smallest absolute Gasteiger partial charge is 0.235 e. The molecule has 3 fully saturated rings. The fourth-order valence-electron chi connectivity index (χ4n) is 7.03. The number of aliphatic hydroxyl groups excluding tert-OH is 1. The zero-order chi connectivity index (χ0) is 19.7. The number of hydrogen-bond donors (Lipinski definition) is 4. The Kier molecular flexibility index (Phi) is 3.54. The number of rotatable bonds is 2. The molecule has 7 heteroatoms. The third-order valence-corrected chi connectivity index (χ3v) is 8.45. The summed E-state index contributed by atoms with van der Waals surface area (Å²) in [4.78, 5) is 12.9. The first-order valence-corrected chi connectivity index (χ1v) is 10.2. The van der Waals surface area contributed by atoms with Crippen molar-refractivity contribution in [2.45, 2.75) is 61.1 Å². The molecule has 2 bridgehead atoms. The van der Waals surface area contributed by atoms with E-state index in [9.17, 15) is 25.2 Å². The number of carbonyl (C=O) groups excluding carboxylic acids is 1. The van der Waals surface area contributed by atoms with Crippen LogP contribution in [0.2, 0.25) is 0 Å². The molecule has 0 radical (unpaired) electrons. The summed E-state index contributed by atoms with van der Waals surface area (Å²) in [6.07, 6.45) is 0.388.